The first-order valence-corrected chi connectivity index (χ1v) is 6.96. The van der Waals surface area contributed by atoms with Gasteiger partial charge in [0.05, 0.1) is 12.6 Å². The third kappa shape index (κ3) is 2.14. The molecule has 2 bridgehead atoms. The fourth-order valence-corrected chi connectivity index (χ4v) is 3.39. The molecule has 0 radical (unpaired) electrons. The molecule has 6 heteroatoms. The Bertz CT molecular complexity index is 393. The molecule has 2 aliphatic heterocycles. The zero-order valence-electron chi connectivity index (χ0n) is 10.9. The number of aromatic nitrogens is 4. The predicted octanol–water partition coefficient (Wildman–Crippen LogP) is 0.571. The lowest BCUT2D eigenvalue weighted by molar-refractivity contribution is 0.0289. The highest BCUT2D eigenvalue weighted by atomic mass is 16.3. The molecule has 2 fully saturated rings. The maximum absolute atomic E-state index is 9.80. The molecule has 100 valence electrons. The largest absolute Gasteiger partial charge is 0.393 e. The van der Waals surface area contributed by atoms with E-state index in [-0.39, 0.29) is 6.10 Å². The molecule has 0 amide bonds. The second-order valence-corrected chi connectivity index (χ2v) is 5.50. The van der Waals surface area contributed by atoms with Crippen molar-refractivity contribution < 1.29 is 5.11 Å². The van der Waals surface area contributed by atoms with Gasteiger partial charge in [0, 0.05) is 18.6 Å². The van der Waals surface area contributed by atoms with E-state index in [1.165, 1.54) is 12.8 Å². The third-order valence-corrected chi connectivity index (χ3v) is 4.22. The smallest absolute Gasteiger partial charge is 0.165 e. The lowest BCUT2D eigenvalue weighted by Crippen LogP contribution is -2.44. The second kappa shape index (κ2) is 4.93. The molecular weight excluding hydrogens is 230 g/mol. The number of tetrazole rings is 1. The fourth-order valence-electron chi connectivity index (χ4n) is 3.39. The molecule has 2 unspecified atom stereocenters. The first-order valence-electron chi connectivity index (χ1n) is 6.96. The van der Waals surface area contributed by atoms with E-state index in [0.717, 1.165) is 38.2 Å². The Labute approximate surface area is 107 Å². The van der Waals surface area contributed by atoms with Crippen LogP contribution in [-0.2, 0) is 13.1 Å². The Morgan fingerprint density at radius 3 is 2.67 bits per heavy atom. The van der Waals surface area contributed by atoms with Crippen molar-refractivity contribution in [2.45, 2.75) is 70.3 Å². The number of aliphatic hydroxyl groups is 1. The normalized spacial score (nSPS) is 32.0. The van der Waals surface area contributed by atoms with Gasteiger partial charge in [-0.2, -0.15) is 0 Å². The molecule has 1 aromatic heterocycles. The van der Waals surface area contributed by atoms with Crippen LogP contribution >= 0.6 is 0 Å². The summed E-state index contributed by atoms with van der Waals surface area (Å²) >= 11 is 0. The molecule has 18 heavy (non-hydrogen) atoms. The summed E-state index contributed by atoms with van der Waals surface area (Å²) in [5, 5.41) is 21.8. The molecular formula is C12H21N5O. The van der Waals surface area contributed by atoms with Crippen LogP contribution in [-0.4, -0.2) is 48.4 Å². The summed E-state index contributed by atoms with van der Waals surface area (Å²) in [6.07, 6.45) is 5.17. The van der Waals surface area contributed by atoms with Crippen LogP contribution in [0.2, 0.25) is 0 Å². The van der Waals surface area contributed by atoms with Gasteiger partial charge in [0.1, 0.15) is 0 Å². The van der Waals surface area contributed by atoms with Crippen molar-refractivity contribution in [2.75, 3.05) is 0 Å². The van der Waals surface area contributed by atoms with Crippen molar-refractivity contribution in [3.63, 3.8) is 0 Å². The lowest BCUT2D eigenvalue weighted by atomic mass is 10.00. The van der Waals surface area contributed by atoms with Crippen molar-refractivity contribution in [1.82, 2.24) is 25.1 Å². The molecule has 1 N–H and O–H groups in total. The lowest BCUT2D eigenvalue weighted by Gasteiger charge is -2.36. The number of piperidine rings is 1. The topological polar surface area (TPSA) is 67.1 Å². The van der Waals surface area contributed by atoms with Gasteiger partial charge in [-0.3, -0.25) is 4.90 Å². The van der Waals surface area contributed by atoms with Gasteiger partial charge in [-0.05, 0) is 42.5 Å². The highest BCUT2D eigenvalue weighted by Crippen LogP contribution is 2.36. The zero-order valence-corrected chi connectivity index (χ0v) is 10.9. The summed E-state index contributed by atoms with van der Waals surface area (Å²) in [7, 11) is 0. The summed E-state index contributed by atoms with van der Waals surface area (Å²) in [6, 6.07) is 1.04. The fraction of sp³-hybridized carbons (Fsp3) is 0.917. The number of hydrogen-bond donors (Lipinski definition) is 1. The van der Waals surface area contributed by atoms with E-state index in [1.807, 2.05) is 4.68 Å². The van der Waals surface area contributed by atoms with Gasteiger partial charge in [0.25, 0.3) is 0 Å². The molecule has 2 aliphatic rings. The molecule has 2 saturated heterocycles. The van der Waals surface area contributed by atoms with E-state index in [4.69, 9.17) is 0 Å². The predicted molar refractivity (Wildman–Crippen MR) is 65.7 cm³/mol. The first kappa shape index (κ1) is 12.0. The third-order valence-electron chi connectivity index (χ3n) is 4.22. The minimum Gasteiger partial charge on any atom is -0.393 e. The average Bonchev–Trinajstić information content (AvgIpc) is 2.86. The van der Waals surface area contributed by atoms with Gasteiger partial charge in [0.15, 0.2) is 5.82 Å². The zero-order chi connectivity index (χ0) is 12.5. The van der Waals surface area contributed by atoms with Crippen molar-refractivity contribution in [3.05, 3.63) is 5.82 Å². The number of nitrogens with zero attached hydrogens (tertiary/aromatic N) is 5. The van der Waals surface area contributed by atoms with Crippen LogP contribution in [0.1, 0.15) is 44.9 Å². The quantitative estimate of drug-likeness (QED) is 0.847. The van der Waals surface area contributed by atoms with Crippen LogP contribution in [0, 0.1) is 0 Å². The van der Waals surface area contributed by atoms with E-state index < -0.39 is 0 Å². The van der Waals surface area contributed by atoms with E-state index in [1.54, 1.807) is 0 Å². The number of aliphatic hydroxyl groups excluding tert-OH is 1. The molecule has 1 aromatic rings. The maximum Gasteiger partial charge on any atom is 0.165 e. The summed E-state index contributed by atoms with van der Waals surface area (Å²) in [5.74, 6) is 0.963. The van der Waals surface area contributed by atoms with E-state index in [9.17, 15) is 5.11 Å². The van der Waals surface area contributed by atoms with Crippen LogP contribution in [0.3, 0.4) is 0 Å². The van der Waals surface area contributed by atoms with Crippen molar-refractivity contribution in [1.29, 1.82) is 0 Å². The van der Waals surface area contributed by atoms with Gasteiger partial charge in [0.2, 0.25) is 0 Å². The van der Waals surface area contributed by atoms with E-state index >= 15 is 0 Å². The molecule has 3 rings (SSSR count). The molecule has 6 nitrogen and oxygen atoms in total. The van der Waals surface area contributed by atoms with Gasteiger partial charge in [-0.25, -0.2) is 4.68 Å². The second-order valence-electron chi connectivity index (χ2n) is 5.50. The molecule has 0 aromatic carbocycles. The van der Waals surface area contributed by atoms with Gasteiger partial charge >= 0.3 is 0 Å². The Kier molecular flexibility index (Phi) is 3.30. The number of fused-ring (bicyclic) bond motifs is 2. The summed E-state index contributed by atoms with van der Waals surface area (Å²) < 4.78 is 1.91. The summed E-state index contributed by atoms with van der Waals surface area (Å²) in [5.41, 5.74) is 0. The van der Waals surface area contributed by atoms with Gasteiger partial charge in [-0.15, -0.1) is 5.10 Å². The standard InChI is InChI=1S/C12H21N5O/c1-2-5-17-12(13-14-15-17)8-16-9-3-4-10(16)7-11(18)6-9/h9-11,18H,2-8H2,1H3. The van der Waals surface area contributed by atoms with Gasteiger partial charge < -0.3 is 5.11 Å². The summed E-state index contributed by atoms with van der Waals surface area (Å²) in [4.78, 5) is 2.49. The van der Waals surface area contributed by atoms with Crippen LogP contribution in [0.5, 0.6) is 0 Å². The van der Waals surface area contributed by atoms with Crippen molar-refractivity contribution in [3.8, 4) is 0 Å². The molecule has 0 aliphatic carbocycles. The van der Waals surface area contributed by atoms with Crippen LogP contribution < -0.4 is 0 Å². The molecule has 3 heterocycles. The highest BCUT2D eigenvalue weighted by molar-refractivity contribution is 4.97. The highest BCUT2D eigenvalue weighted by Gasteiger charge is 2.40. The van der Waals surface area contributed by atoms with Crippen molar-refractivity contribution >= 4 is 0 Å². The van der Waals surface area contributed by atoms with Crippen LogP contribution in [0.4, 0.5) is 0 Å². The van der Waals surface area contributed by atoms with Gasteiger partial charge in [-0.1, -0.05) is 6.92 Å². The molecule has 0 spiro atoms. The minimum absolute atomic E-state index is 0.106. The Morgan fingerprint density at radius 1 is 1.28 bits per heavy atom. The number of hydrogen-bond acceptors (Lipinski definition) is 5. The maximum atomic E-state index is 9.80. The average molecular weight is 251 g/mol. The Morgan fingerprint density at radius 2 is 2.00 bits per heavy atom. The first-order chi connectivity index (χ1) is 8.78. The minimum atomic E-state index is -0.106. The molecule has 0 saturated carbocycles. The van der Waals surface area contributed by atoms with E-state index in [2.05, 4.69) is 27.3 Å². The number of aryl methyl sites for hydroxylation is 1. The monoisotopic (exact) mass is 251 g/mol. The van der Waals surface area contributed by atoms with Crippen LogP contribution in [0.25, 0.3) is 0 Å². The number of rotatable bonds is 4. The Hall–Kier alpha value is -1.01. The van der Waals surface area contributed by atoms with Crippen molar-refractivity contribution in [2.24, 2.45) is 0 Å². The molecule has 2 atom stereocenters. The van der Waals surface area contributed by atoms with Crippen LogP contribution in [0.15, 0.2) is 0 Å². The summed E-state index contributed by atoms with van der Waals surface area (Å²) in [6.45, 7) is 3.84. The Balaban J connectivity index is 1.71. The SMILES string of the molecule is CCCn1nnnc1CN1C2CCC1CC(O)C2. The van der Waals surface area contributed by atoms with E-state index in [0.29, 0.717) is 12.1 Å².